The molecule has 0 spiro atoms. The molecule has 0 aliphatic carbocycles. The van der Waals surface area contributed by atoms with Gasteiger partial charge in [0.25, 0.3) is 5.91 Å². The van der Waals surface area contributed by atoms with Gasteiger partial charge in [0.15, 0.2) is 6.61 Å². The van der Waals surface area contributed by atoms with Crippen molar-refractivity contribution in [3.63, 3.8) is 0 Å². The Hall–Kier alpha value is -3.68. The fourth-order valence-corrected chi connectivity index (χ4v) is 4.75. The number of benzene rings is 3. The van der Waals surface area contributed by atoms with E-state index >= 15 is 0 Å². The third-order valence-corrected chi connectivity index (χ3v) is 6.72. The van der Waals surface area contributed by atoms with Crippen LogP contribution in [0.4, 0.5) is 0 Å². The molecule has 0 unspecified atom stereocenters. The van der Waals surface area contributed by atoms with Crippen LogP contribution in [0.25, 0.3) is 10.1 Å². The molecular weight excluding hydrogens is 484 g/mol. The molecule has 3 aromatic carbocycles. The summed E-state index contributed by atoms with van der Waals surface area (Å²) in [5.41, 5.74) is 4.16. The molecule has 0 aliphatic heterocycles. The van der Waals surface area contributed by atoms with Crippen molar-refractivity contribution in [2.45, 2.75) is 19.8 Å². The number of fused-ring (bicyclic) bond motifs is 1. The lowest BCUT2D eigenvalue weighted by atomic mass is 10.1. The summed E-state index contributed by atoms with van der Waals surface area (Å²) >= 11 is 7.67. The lowest BCUT2D eigenvalue weighted by molar-refractivity contribution is -0.123. The number of hydrazone groups is 1. The smallest absolute Gasteiger partial charge is 0.355 e. The topological polar surface area (TPSA) is 77.0 Å². The maximum Gasteiger partial charge on any atom is 0.355 e. The number of nitrogens with zero attached hydrogens (tertiary/aromatic N) is 1. The lowest BCUT2D eigenvalue weighted by Crippen LogP contribution is -2.24. The fourth-order valence-electron chi connectivity index (χ4n) is 3.37. The second-order valence-corrected chi connectivity index (χ2v) is 9.07. The summed E-state index contributed by atoms with van der Waals surface area (Å²) in [5.74, 6) is -0.0570. The van der Waals surface area contributed by atoms with Crippen LogP contribution in [0, 0.1) is 0 Å². The largest absolute Gasteiger partial charge is 0.484 e. The number of hydrogen-bond acceptors (Lipinski definition) is 6. The van der Waals surface area contributed by atoms with E-state index in [1.807, 2.05) is 48.5 Å². The van der Waals surface area contributed by atoms with E-state index in [0.29, 0.717) is 27.0 Å². The second-order valence-electron chi connectivity index (χ2n) is 7.64. The van der Waals surface area contributed by atoms with Gasteiger partial charge in [0.2, 0.25) is 0 Å². The van der Waals surface area contributed by atoms with Crippen LogP contribution in [0.1, 0.15) is 34.1 Å². The summed E-state index contributed by atoms with van der Waals surface area (Å²) in [6.45, 7) is 1.95. The Bertz CT molecular complexity index is 1370. The number of aryl methyl sites for hydroxylation is 1. The molecule has 0 radical (unpaired) electrons. The fraction of sp³-hybridized carbons (Fsp3) is 0.148. The minimum absolute atomic E-state index is 0.175. The summed E-state index contributed by atoms with van der Waals surface area (Å²) in [5, 5.41) is 5.14. The zero-order valence-electron chi connectivity index (χ0n) is 19.0. The molecule has 1 heterocycles. The third-order valence-electron chi connectivity index (χ3n) is 5.07. The molecule has 1 amide bonds. The molecule has 0 atom stereocenters. The summed E-state index contributed by atoms with van der Waals surface area (Å²) in [7, 11) is 0. The number of nitrogens with one attached hydrogen (secondary N) is 1. The first-order chi connectivity index (χ1) is 17.0. The highest BCUT2D eigenvalue weighted by atomic mass is 35.5. The predicted octanol–water partition coefficient (Wildman–Crippen LogP) is 6.26. The molecule has 0 aliphatic rings. The number of amides is 1. The minimum atomic E-state index is -0.556. The summed E-state index contributed by atoms with van der Waals surface area (Å²) < 4.78 is 12.0. The highest BCUT2D eigenvalue weighted by Gasteiger charge is 2.19. The Kier molecular flexibility index (Phi) is 8.13. The maximum absolute atomic E-state index is 12.8. The molecule has 0 fully saturated rings. The van der Waals surface area contributed by atoms with E-state index in [1.165, 1.54) is 23.1 Å². The quantitative estimate of drug-likeness (QED) is 0.126. The Morgan fingerprint density at radius 2 is 1.77 bits per heavy atom. The number of thiophene rings is 1. The average molecular weight is 507 g/mol. The molecule has 0 saturated carbocycles. The van der Waals surface area contributed by atoms with Gasteiger partial charge in [-0.05, 0) is 42.3 Å². The number of halogens is 1. The molecule has 6 nitrogen and oxygen atoms in total. The summed E-state index contributed by atoms with van der Waals surface area (Å²) in [4.78, 5) is 25.2. The number of carbonyl (C=O) groups is 2. The van der Waals surface area contributed by atoms with Gasteiger partial charge in [0.05, 0.1) is 11.2 Å². The van der Waals surface area contributed by atoms with Gasteiger partial charge in [-0.15, -0.1) is 11.3 Å². The van der Waals surface area contributed by atoms with Crippen LogP contribution in [0.3, 0.4) is 0 Å². The Labute approximate surface area is 212 Å². The van der Waals surface area contributed by atoms with E-state index in [0.717, 1.165) is 22.9 Å². The van der Waals surface area contributed by atoms with Crippen LogP contribution in [0.5, 0.6) is 11.5 Å². The maximum atomic E-state index is 12.8. The molecule has 1 aromatic heterocycles. The molecular formula is C27H23ClN2O4S. The van der Waals surface area contributed by atoms with Gasteiger partial charge < -0.3 is 9.47 Å². The van der Waals surface area contributed by atoms with Crippen LogP contribution < -0.4 is 14.9 Å². The molecule has 4 aromatic rings. The van der Waals surface area contributed by atoms with E-state index in [4.69, 9.17) is 21.1 Å². The van der Waals surface area contributed by atoms with E-state index in [9.17, 15) is 9.59 Å². The highest BCUT2D eigenvalue weighted by molar-refractivity contribution is 7.21. The number of para-hydroxylation sites is 1. The van der Waals surface area contributed by atoms with Crippen molar-refractivity contribution >= 4 is 51.1 Å². The molecule has 4 rings (SSSR count). The standard InChI is InChI=1S/C27H23ClN2O4S/c1-2-7-18-12-14-20(15-13-18)33-17-24(31)30-29-16-19-8-3-5-10-22(19)34-27(32)26-25(28)21-9-4-6-11-23(21)35-26/h3-6,8-16H,2,7,17H2,1H3,(H,30,31)/b29-16-. The predicted molar refractivity (Wildman–Crippen MR) is 140 cm³/mol. The molecule has 0 saturated heterocycles. The van der Waals surface area contributed by atoms with Crippen molar-refractivity contribution in [2.24, 2.45) is 5.10 Å². The number of ether oxygens (including phenoxy) is 2. The number of rotatable bonds is 9. The normalized spacial score (nSPS) is 11.0. The first-order valence-corrected chi connectivity index (χ1v) is 12.3. The van der Waals surface area contributed by atoms with Crippen molar-refractivity contribution in [3.05, 3.63) is 93.8 Å². The van der Waals surface area contributed by atoms with Crippen molar-refractivity contribution in [2.75, 3.05) is 6.61 Å². The van der Waals surface area contributed by atoms with E-state index < -0.39 is 11.9 Å². The Morgan fingerprint density at radius 3 is 2.54 bits per heavy atom. The average Bonchev–Trinajstić information content (AvgIpc) is 3.21. The van der Waals surface area contributed by atoms with Gasteiger partial charge >= 0.3 is 5.97 Å². The van der Waals surface area contributed by atoms with E-state index in [2.05, 4.69) is 17.5 Å². The van der Waals surface area contributed by atoms with Crippen LogP contribution in [0.15, 0.2) is 77.9 Å². The molecule has 1 N–H and O–H groups in total. The first kappa shape index (κ1) is 24.4. The Morgan fingerprint density at radius 1 is 1.03 bits per heavy atom. The van der Waals surface area contributed by atoms with Crippen molar-refractivity contribution in [1.29, 1.82) is 0 Å². The lowest BCUT2D eigenvalue weighted by Gasteiger charge is -2.07. The second kappa shape index (κ2) is 11.6. The summed E-state index contributed by atoms with van der Waals surface area (Å²) in [6, 6.07) is 22.1. The minimum Gasteiger partial charge on any atom is -0.484 e. The van der Waals surface area contributed by atoms with Crippen LogP contribution in [-0.4, -0.2) is 24.7 Å². The van der Waals surface area contributed by atoms with Crippen molar-refractivity contribution in [3.8, 4) is 11.5 Å². The van der Waals surface area contributed by atoms with Gasteiger partial charge in [0, 0.05) is 15.6 Å². The zero-order chi connectivity index (χ0) is 24.6. The van der Waals surface area contributed by atoms with E-state index in [1.54, 1.807) is 24.3 Å². The molecule has 178 valence electrons. The number of hydrogen-bond donors (Lipinski definition) is 1. The van der Waals surface area contributed by atoms with Crippen molar-refractivity contribution in [1.82, 2.24) is 5.43 Å². The van der Waals surface area contributed by atoms with Crippen LogP contribution in [-0.2, 0) is 11.2 Å². The zero-order valence-corrected chi connectivity index (χ0v) is 20.6. The number of esters is 1. The SMILES string of the molecule is CCCc1ccc(OCC(=O)N/N=C\c2ccccc2OC(=O)c2sc3ccccc3c2Cl)cc1. The van der Waals surface area contributed by atoms with Crippen LogP contribution in [0.2, 0.25) is 5.02 Å². The van der Waals surface area contributed by atoms with Gasteiger partial charge in [-0.1, -0.05) is 67.4 Å². The van der Waals surface area contributed by atoms with Gasteiger partial charge in [0.1, 0.15) is 16.4 Å². The van der Waals surface area contributed by atoms with Gasteiger partial charge in [-0.25, -0.2) is 10.2 Å². The van der Waals surface area contributed by atoms with Gasteiger partial charge in [-0.3, -0.25) is 4.79 Å². The first-order valence-electron chi connectivity index (χ1n) is 11.1. The van der Waals surface area contributed by atoms with Crippen LogP contribution >= 0.6 is 22.9 Å². The summed E-state index contributed by atoms with van der Waals surface area (Å²) in [6.07, 6.45) is 3.48. The van der Waals surface area contributed by atoms with Crippen molar-refractivity contribution < 1.29 is 19.1 Å². The van der Waals surface area contributed by atoms with E-state index in [-0.39, 0.29) is 6.61 Å². The monoisotopic (exact) mass is 506 g/mol. The molecule has 35 heavy (non-hydrogen) atoms. The number of carbonyl (C=O) groups excluding carboxylic acids is 2. The Balaban J connectivity index is 1.35. The third kappa shape index (κ3) is 6.26. The molecule has 8 heteroatoms. The molecule has 0 bridgehead atoms. The highest BCUT2D eigenvalue weighted by Crippen LogP contribution is 2.36. The van der Waals surface area contributed by atoms with Gasteiger partial charge in [-0.2, -0.15) is 5.10 Å².